The zero-order valence-electron chi connectivity index (χ0n) is 7.64. The van der Waals surface area contributed by atoms with Gasteiger partial charge in [-0.05, 0) is 12.8 Å². The van der Waals surface area contributed by atoms with E-state index in [-0.39, 0.29) is 5.60 Å². The summed E-state index contributed by atoms with van der Waals surface area (Å²) in [5, 5.41) is 0. The molecule has 2 N–H and O–H groups in total. The van der Waals surface area contributed by atoms with Crippen molar-refractivity contribution in [2.75, 3.05) is 7.11 Å². The molecule has 0 heterocycles. The fraction of sp³-hybridized carbons (Fsp3) is 0.889. The van der Waals surface area contributed by atoms with Gasteiger partial charge in [0.2, 0.25) is 0 Å². The quantitative estimate of drug-likeness (QED) is 0.530. The number of thiocarbonyl (C=S) groups is 1. The molecule has 1 aliphatic rings. The Hall–Kier alpha value is -0.150. The molecule has 1 fully saturated rings. The summed E-state index contributed by atoms with van der Waals surface area (Å²) in [5.41, 5.74) is 5.40. The van der Waals surface area contributed by atoms with Gasteiger partial charge in [0.25, 0.3) is 0 Å². The van der Waals surface area contributed by atoms with Gasteiger partial charge in [-0.3, -0.25) is 0 Å². The summed E-state index contributed by atoms with van der Waals surface area (Å²) in [6, 6.07) is 0. The Morgan fingerprint density at radius 1 is 1.25 bits per heavy atom. The van der Waals surface area contributed by atoms with Crippen molar-refractivity contribution in [1.82, 2.24) is 0 Å². The Morgan fingerprint density at radius 3 is 2.08 bits per heavy atom. The summed E-state index contributed by atoms with van der Waals surface area (Å²) in [4.78, 5) is 0.534. The highest BCUT2D eigenvalue weighted by atomic mass is 32.1. The molecular formula is C9H17NOS. The third-order valence-corrected chi connectivity index (χ3v) is 3.12. The maximum atomic E-state index is 5.69. The maximum Gasteiger partial charge on any atom is 0.117 e. The first-order valence-corrected chi connectivity index (χ1v) is 4.97. The van der Waals surface area contributed by atoms with Crippen LogP contribution < -0.4 is 5.73 Å². The van der Waals surface area contributed by atoms with Crippen LogP contribution in [0, 0.1) is 0 Å². The molecule has 0 aromatic heterocycles. The van der Waals surface area contributed by atoms with Gasteiger partial charge in [0.05, 0.1) is 0 Å². The molecule has 0 radical (unpaired) electrons. The van der Waals surface area contributed by atoms with E-state index >= 15 is 0 Å². The van der Waals surface area contributed by atoms with Crippen molar-refractivity contribution in [1.29, 1.82) is 0 Å². The minimum Gasteiger partial charge on any atom is -0.391 e. The van der Waals surface area contributed by atoms with Crippen molar-refractivity contribution >= 4 is 17.2 Å². The van der Waals surface area contributed by atoms with Gasteiger partial charge >= 0.3 is 0 Å². The van der Waals surface area contributed by atoms with Crippen LogP contribution in [0.4, 0.5) is 0 Å². The molecule has 12 heavy (non-hydrogen) atoms. The minimum atomic E-state index is -0.286. The lowest BCUT2D eigenvalue weighted by Gasteiger charge is -2.29. The number of nitrogens with two attached hydrogens (primary N) is 1. The van der Waals surface area contributed by atoms with Crippen molar-refractivity contribution in [2.45, 2.75) is 44.1 Å². The van der Waals surface area contributed by atoms with Crippen molar-refractivity contribution in [2.24, 2.45) is 5.73 Å². The van der Waals surface area contributed by atoms with Crippen LogP contribution in [0.15, 0.2) is 0 Å². The molecule has 1 saturated carbocycles. The first-order valence-electron chi connectivity index (χ1n) is 4.56. The highest BCUT2D eigenvalue weighted by molar-refractivity contribution is 7.80. The zero-order chi connectivity index (χ0) is 9.03. The molecule has 2 nitrogen and oxygen atoms in total. The van der Waals surface area contributed by atoms with E-state index in [9.17, 15) is 0 Å². The van der Waals surface area contributed by atoms with Crippen molar-refractivity contribution in [3.63, 3.8) is 0 Å². The van der Waals surface area contributed by atoms with Gasteiger partial charge in [0.15, 0.2) is 0 Å². The molecule has 0 aromatic rings. The van der Waals surface area contributed by atoms with E-state index in [0.29, 0.717) is 4.99 Å². The third-order valence-electron chi connectivity index (χ3n) is 2.75. The highest BCUT2D eigenvalue weighted by Crippen LogP contribution is 2.30. The molecule has 0 aromatic carbocycles. The largest absolute Gasteiger partial charge is 0.391 e. The first kappa shape index (κ1) is 9.93. The van der Waals surface area contributed by atoms with Gasteiger partial charge in [-0.1, -0.05) is 37.9 Å². The lowest BCUT2D eigenvalue weighted by molar-refractivity contribution is 0.0384. The summed E-state index contributed by atoms with van der Waals surface area (Å²) in [6.07, 6.45) is 6.94. The van der Waals surface area contributed by atoms with Crippen LogP contribution in [0.5, 0.6) is 0 Å². The van der Waals surface area contributed by atoms with E-state index in [1.54, 1.807) is 7.11 Å². The van der Waals surface area contributed by atoms with Crippen LogP contribution in [0.2, 0.25) is 0 Å². The van der Waals surface area contributed by atoms with Crippen molar-refractivity contribution in [3.8, 4) is 0 Å². The predicted octanol–water partition coefficient (Wildman–Crippen LogP) is 2.01. The monoisotopic (exact) mass is 187 g/mol. The molecule has 0 amide bonds. The summed E-state index contributed by atoms with van der Waals surface area (Å²) in [5.74, 6) is 0. The van der Waals surface area contributed by atoms with Gasteiger partial charge in [-0.25, -0.2) is 0 Å². The number of ether oxygens (including phenoxy) is 1. The summed E-state index contributed by atoms with van der Waals surface area (Å²) in [7, 11) is 1.71. The molecule has 0 unspecified atom stereocenters. The number of hydrogen-bond acceptors (Lipinski definition) is 2. The van der Waals surface area contributed by atoms with Gasteiger partial charge in [0, 0.05) is 7.11 Å². The summed E-state index contributed by atoms with van der Waals surface area (Å²) in [6.45, 7) is 0. The van der Waals surface area contributed by atoms with E-state index in [2.05, 4.69) is 0 Å². The molecule has 0 spiro atoms. The fourth-order valence-electron chi connectivity index (χ4n) is 1.85. The Bertz CT molecular complexity index is 162. The molecule has 0 bridgehead atoms. The normalized spacial score (nSPS) is 23.1. The van der Waals surface area contributed by atoms with E-state index in [1.165, 1.54) is 25.7 Å². The Balaban J connectivity index is 2.68. The second-order valence-electron chi connectivity index (χ2n) is 3.48. The molecular weight excluding hydrogens is 170 g/mol. The fourth-order valence-corrected chi connectivity index (χ4v) is 2.14. The minimum absolute atomic E-state index is 0.286. The van der Waals surface area contributed by atoms with E-state index in [0.717, 1.165) is 12.8 Å². The second kappa shape index (κ2) is 4.19. The lowest BCUT2D eigenvalue weighted by Crippen LogP contribution is -2.43. The van der Waals surface area contributed by atoms with E-state index in [4.69, 9.17) is 22.7 Å². The van der Waals surface area contributed by atoms with E-state index in [1.807, 2.05) is 0 Å². The smallest absolute Gasteiger partial charge is 0.117 e. The van der Waals surface area contributed by atoms with Crippen LogP contribution in [-0.4, -0.2) is 17.7 Å². The molecule has 3 heteroatoms. The SMILES string of the molecule is COC1(C(N)=S)CCCCCC1. The molecule has 0 atom stereocenters. The zero-order valence-corrected chi connectivity index (χ0v) is 8.45. The molecule has 1 aliphatic carbocycles. The Labute approximate surface area is 79.5 Å². The standard InChI is InChI=1S/C9H17NOS/c1-11-9(8(10)12)6-4-2-3-5-7-9/h2-7H2,1H3,(H2,10,12). The molecule has 0 saturated heterocycles. The van der Waals surface area contributed by atoms with Crippen molar-refractivity contribution < 1.29 is 4.74 Å². The predicted molar refractivity (Wildman–Crippen MR) is 54.2 cm³/mol. The first-order chi connectivity index (χ1) is 5.71. The lowest BCUT2D eigenvalue weighted by atomic mass is 9.94. The summed E-state index contributed by atoms with van der Waals surface area (Å²) < 4.78 is 5.45. The number of methoxy groups -OCH3 is 1. The van der Waals surface area contributed by atoms with Crippen LogP contribution in [0.1, 0.15) is 38.5 Å². The number of hydrogen-bond donors (Lipinski definition) is 1. The molecule has 0 aliphatic heterocycles. The average molecular weight is 187 g/mol. The van der Waals surface area contributed by atoms with Gasteiger partial charge in [0.1, 0.15) is 10.6 Å². The molecule has 70 valence electrons. The van der Waals surface area contributed by atoms with Crippen LogP contribution in [0.25, 0.3) is 0 Å². The van der Waals surface area contributed by atoms with Crippen LogP contribution in [-0.2, 0) is 4.74 Å². The maximum absolute atomic E-state index is 5.69. The van der Waals surface area contributed by atoms with Gasteiger partial charge in [-0.15, -0.1) is 0 Å². The van der Waals surface area contributed by atoms with Crippen molar-refractivity contribution in [3.05, 3.63) is 0 Å². The van der Waals surface area contributed by atoms with E-state index < -0.39 is 0 Å². The highest BCUT2D eigenvalue weighted by Gasteiger charge is 2.33. The molecule has 1 rings (SSSR count). The van der Waals surface area contributed by atoms with Gasteiger partial charge in [-0.2, -0.15) is 0 Å². The Morgan fingerprint density at radius 2 is 1.75 bits per heavy atom. The Kier molecular flexibility index (Phi) is 3.47. The second-order valence-corrected chi connectivity index (χ2v) is 3.92. The van der Waals surface area contributed by atoms with Crippen LogP contribution in [0.3, 0.4) is 0 Å². The average Bonchev–Trinajstić information content (AvgIpc) is 2.29. The number of rotatable bonds is 2. The van der Waals surface area contributed by atoms with Crippen LogP contribution >= 0.6 is 12.2 Å². The topological polar surface area (TPSA) is 35.2 Å². The third kappa shape index (κ3) is 1.96. The van der Waals surface area contributed by atoms with Gasteiger partial charge < -0.3 is 10.5 Å². The summed E-state index contributed by atoms with van der Waals surface area (Å²) >= 11 is 5.04.